The summed E-state index contributed by atoms with van der Waals surface area (Å²) in [5.41, 5.74) is 0.303. The molecule has 2 aliphatic rings. The van der Waals surface area contributed by atoms with Gasteiger partial charge in [-0.2, -0.15) is 0 Å². The second kappa shape index (κ2) is 4.82. The third kappa shape index (κ3) is 2.51. The van der Waals surface area contributed by atoms with Crippen molar-refractivity contribution >= 4 is 0 Å². The van der Waals surface area contributed by atoms with E-state index in [0.29, 0.717) is 0 Å². The predicted octanol–water partition coefficient (Wildman–Crippen LogP) is 3.73. The zero-order valence-corrected chi connectivity index (χ0v) is 11.9. The molecule has 4 unspecified atom stereocenters. The van der Waals surface area contributed by atoms with E-state index in [2.05, 4.69) is 0 Å². The standard InChI is InChI=1S/C17H24O2/c1-17(18,15-5-7-16(19-2)8-6-15)11-14-10-12-3-4-13(14)9-12/h5-8,12-14,18H,3-4,9-11H2,1-2H3. The van der Waals surface area contributed by atoms with Crippen LogP contribution in [0.4, 0.5) is 0 Å². The molecule has 2 nitrogen and oxygen atoms in total. The fraction of sp³-hybridized carbons (Fsp3) is 0.647. The van der Waals surface area contributed by atoms with E-state index in [4.69, 9.17) is 4.74 Å². The molecule has 2 saturated carbocycles. The monoisotopic (exact) mass is 260 g/mol. The third-order valence-electron chi connectivity index (χ3n) is 5.26. The molecule has 0 saturated heterocycles. The van der Waals surface area contributed by atoms with Crippen LogP contribution in [0.1, 0.15) is 44.6 Å². The van der Waals surface area contributed by atoms with E-state index in [0.717, 1.165) is 35.5 Å². The van der Waals surface area contributed by atoms with Crippen LogP contribution in [0.15, 0.2) is 24.3 Å². The maximum Gasteiger partial charge on any atom is 0.118 e. The van der Waals surface area contributed by atoms with Gasteiger partial charge in [-0.15, -0.1) is 0 Å². The molecule has 1 aromatic carbocycles. The van der Waals surface area contributed by atoms with Crippen molar-refractivity contribution < 1.29 is 9.84 Å². The zero-order valence-electron chi connectivity index (χ0n) is 11.9. The Morgan fingerprint density at radius 1 is 1.21 bits per heavy atom. The summed E-state index contributed by atoms with van der Waals surface area (Å²) in [6.45, 7) is 1.96. The molecule has 1 aromatic rings. The van der Waals surface area contributed by atoms with Gasteiger partial charge in [0.2, 0.25) is 0 Å². The molecule has 0 aliphatic heterocycles. The van der Waals surface area contributed by atoms with Gasteiger partial charge in [0.1, 0.15) is 5.75 Å². The summed E-state index contributed by atoms with van der Waals surface area (Å²) in [4.78, 5) is 0. The fourth-order valence-electron chi connectivity index (χ4n) is 4.20. The van der Waals surface area contributed by atoms with Crippen molar-refractivity contribution in [1.29, 1.82) is 0 Å². The first kappa shape index (κ1) is 13.0. The van der Waals surface area contributed by atoms with Crippen LogP contribution in [-0.2, 0) is 5.60 Å². The van der Waals surface area contributed by atoms with Crippen LogP contribution in [0.5, 0.6) is 5.75 Å². The van der Waals surface area contributed by atoms with Crippen LogP contribution in [-0.4, -0.2) is 12.2 Å². The first-order valence-corrected chi connectivity index (χ1v) is 7.45. The first-order chi connectivity index (χ1) is 9.08. The van der Waals surface area contributed by atoms with Crippen molar-refractivity contribution in [2.45, 2.75) is 44.6 Å². The van der Waals surface area contributed by atoms with Crippen LogP contribution in [0.2, 0.25) is 0 Å². The van der Waals surface area contributed by atoms with Crippen LogP contribution in [0.3, 0.4) is 0 Å². The second-order valence-corrected chi connectivity index (χ2v) is 6.64. The van der Waals surface area contributed by atoms with E-state index in [1.165, 1.54) is 25.7 Å². The molecule has 0 heterocycles. The normalized spacial score (nSPS) is 32.3. The number of ether oxygens (including phenoxy) is 1. The van der Waals surface area contributed by atoms with Crippen molar-refractivity contribution in [2.24, 2.45) is 17.8 Å². The molecule has 4 atom stereocenters. The number of rotatable bonds is 4. The molecule has 2 bridgehead atoms. The Balaban J connectivity index is 1.70. The Kier molecular flexibility index (Phi) is 3.30. The highest BCUT2D eigenvalue weighted by Crippen LogP contribution is 2.51. The number of aliphatic hydroxyl groups is 1. The van der Waals surface area contributed by atoms with E-state index in [9.17, 15) is 5.11 Å². The molecule has 1 N–H and O–H groups in total. The van der Waals surface area contributed by atoms with Crippen LogP contribution < -0.4 is 4.74 Å². The molecule has 104 valence electrons. The second-order valence-electron chi connectivity index (χ2n) is 6.64. The van der Waals surface area contributed by atoms with Crippen molar-refractivity contribution in [3.05, 3.63) is 29.8 Å². The summed E-state index contributed by atoms with van der Waals surface area (Å²) < 4.78 is 5.17. The lowest BCUT2D eigenvalue weighted by molar-refractivity contribution is 0.0204. The van der Waals surface area contributed by atoms with Gasteiger partial charge in [-0.05, 0) is 68.1 Å². The fourth-order valence-corrected chi connectivity index (χ4v) is 4.20. The molecule has 19 heavy (non-hydrogen) atoms. The lowest BCUT2D eigenvalue weighted by atomic mass is 9.78. The molecule has 0 aromatic heterocycles. The Morgan fingerprint density at radius 2 is 1.95 bits per heavy atom. The first-order valence-electron chi connectivity index (χ1n) is 7.45. The Bertz CT molecular complexity index is 435. The van der Waals surface area contributed by atoms with Crippen molar-refractivity contribution in [2.75, 3.05) is 7.11 Å². The van der Waals surface area contributed by atoms with E-state index in [1.54, 1.807) is 7.11 Å². The molecule has 0 spiro atoms. The molecule has 3 rings (SSSR count). The molecule has 2 heteroatoms. The lowest BCUT2D eigenvalue weighted by Crippen LogP contribution is -2.27. The van der Waals surface area contributed by atoms with E-state index >= 15 is 0 Å². The van der Waals surface area contributed by atoms with Gasteiger partial charge in [-0.3, -0.25) is 0 Å². The topological polar surface area (TPSA) is 29.5 Å². The van der Waals surface area contributed by atoms with Gasteiger partial charge in [0, 0.05) is 0 Å². The van der Waals surface area contributed by atoms with Gasteiger partial charge in [0.05, 0.1) is 12.7 Å². The zero-order chi connectivity index (χ0) is 13.5. The number of hydrogen-bond acceptors (Lipinski definition) is 2. The molecule has 0 radical (unpaired) electrons. The van der Waals surface area contributed by atoms with Crippen molar-refractivity contribution in [3.8, 4) is 5.75 Å². The maximum atomic E-state index is 10.8. The number of methoxy groups -OCH3 is 1. The summed E-state index contributed by atoms with van der Waals surface area (Å²) in [6, 6.07) is 7.85. The van der Waals surface area contributed by atoms with E-state index in [-0.39, 0.29) is 0 Å². The average Bonchev–Trinajstić information content (AvgIpc) is 3.00. The third-order valence-corrected chi connectivity index (χ3v) is 5.26. The highest BCUT2D eigenvalue weighted by atomic mass is 16.5. The van der Waals surface area contributed by atoms with Crippen LogP contribution in [0, 0.1) is 17.8 Å². The summed E-state index contributed by atoms with van der Waals surface area (Å²) >= 11 is 0. The summed E-state index contributed by atoms with van der Waals surface area (Å²) in [5, 5.41) is 10.8. The summed E-state index contributed by atoms with van der Waals surface area (Å²) in [6.07, 6.45) is 6.45. The van der Waals surface area contributed by atoms with Gasteiger partial charge in [-0.1, -0.05) is 18.6 Å². The highest BCUT2D eigenvalue weighted by molar-refractivity contribution is 5.30. The molecule has 2 aliphatic carbocycles. The minimum absolute atomic E-state index is 0.707. The van der Waals surface area contributed by atoms with Crippen molar-refractivity contribution in [3.63, 3.8) is 0 Å². The average molecular weight is 260 g/mol. The summed E-state index contributed by atoms with van der Waals surface area (Å²) in [5.74, 6) is 3.38. The number of hydrogen-bond donors (Lipinski definition) is 1. The largest absolute Gasteiger partial charge is 0.497 e. The molecule has 0 amide bonds. The summed E-state index contributed by atoms with van der Waals surface area (Å²) in [7, 11) is 1.67. The smallest absolute Gasteiger partial charge is 0.118 e. The van der Waals surface area contributed by atoms with Crippen molar-refractivity contribution in [1.82, 2.24) is 0 Å². The van der Waals surface area contributed by atoms with Gasteiger partial charge in [-0.25, -0.2) is 0 Å². The van der Waals surface area contributed by atoms with E-state index in [1.807, 2.05) is 31.2 Å². The maximum absolute atomic E-state index is 10.8. The number of fused-ring (bicyclic) bond motifs is 2. The lowest BCUT2D eigenvalue weighted by Gasteiger charge is -2.31. The van der Waals surface area contributed by atoms with Gasteiger partial charge in [0.15, 0.2) is 0 Å². The van der Waals surface area contributed by atoms with Gasteiger partial charge < -0.3 is 9.84 Å². The van der Waals surface area contributed by atoms with Crippen LogP contribution in [0.25, 0.3) is 0 Å². The minimum Gasteiger partial charge on any atom is -0.497 e. The minimum atomic E-state index is -0.707. The van der Waals surface area contributed by atoms with Crippen LogP contribution >= 0.6 is 0 Å². The Hall–Kier alpha value is -1.02. The molecule has 2 fully saturated rings. The van der Waals surface area contributed by atoms with Gasteiger partial charge in [0.25, 0.3) is 0 Å². The molecular weight excluding hydrogens is 236 g/mol. The highest BCUT2D eigenvalue weighted by Gasteiger charge is 2.42. The quantitative estimate of drug-likeness (QED) is 0.894. The van der Waals surface area contributed by atoms with Gasteiger partial charge >= 0.3 is 0 Å². The van der Waals surface area contributed by atoms with E-state index < -0.39 is 5.60 Å². The Labute approximate surface area is 115 Å². The number of benzene rings is 1. The SMILES string of the molecule is COc1ccc(C(C)(O)CC2CC3CCC2C3)cc1. The molecular formula is C17H24O2. The Morgan fingerprint density at radius 3 is 2.47 bits per heavy atom. The predicted molar refractivity (Wildman–Crippen MR) is 76.1 cm³/mol.